The zero-order valence-corrected chi connectivity index (χ0v) is 8.40. The van der Waals surface area contributed by atoms with Crippen molar-refractivity contribution in [3.05, 3.63) is 35.4 Å². The first-order valence-electron chi connectivity index (χ1n) is 4.22. The van der Waals surface area contributed by atoms with Crippen LogP contribution < -0.4 is 5.32 Å². The second kappa shape index (κ2) is 3.66. The topological polar surface area (TPSA) is 32.3 Å². The number of β-amino-alcohol motifs (C(OH)–C–C–N with tert-alkyl or cyclic N) is 1. The third kappa shape index (κ3) is 1.70. The number of halogens is 1. The molecular formula is C10H14ClNO. The summed E-state index contributed by atoms with van der Waals surface area (Å²) in [6.07, 6.45) is 0. The Balaban J connectivity index is 0.000000845. The second-order valence-corrected chi connectivity index (χ2v) is 3.45. The van der Waals surface area contributed by atoms with Gasteiger partial charge in [-0.1, -0.05) is 24.3 Å². The molecule has 1 saturated heterocycles. The first-order valence-corrected chi connectivity index (χ1v) is 4.22. The van der Waals surface area contributed by atoms with Gasteiger partial charge in [-0.2, -0.15) is 0 Å². The largest absolute Gasteiger partial charge is 0.382 e. The van der Waals surface area contributed by atoms with E-state index in [4.69, 9.17) is 0 Å². The number of benzene rings is 1. The molecule has 0 bridgehead atoms. The van der Waals surface area contributed by atoms with Crippen LogP contribution in [0.3, 0.4) is 0 Å². The SMILES string of the molecule is Cc1ccccc1C1(O)CNC1.Cl. The molecular weight excluding hydrogens is 186 g/mol. The lowest BCUT2D eigenvalue weighted by Gasteiger charge is -2.38. The van der Waals surface area contributed by atoms with Gasteiger partial charge in [0.25, 0.3) is 0 Å². The molecule has 3 heteroatoms. The maximum Gasteiger partial charge on any atom is 0.115 e. The molecule has 13 heavy (non-hydrogen) atoms. The van der Waals surface area contributed by atoms with Crippen LogP contribution in [-0.2, 0) is 5.60 Å². The van der Waals surface area contributed by atoms with Crippen LogP contribution in [0.25, 0.3) is 0 Å². The van der Waals surface area contributed by atoms with E-state index in [0.717, 1.165) is 5.56 Å². The molecule has 0 amide bonds. The molecule has 1 aromatic carbocycles. The Bertz CT molecular complexity index is 297. The Labute approximate surface area is 84.4 Å². The highest BCUT2D eigenvalue weighted by atomic mass is 35.5. The molecule has 0 unspecified atom stereocenters. The molecule has 1 aliphatic rings. The van der Waals surface area contributed by atoms with Crippen molar-refractivity contribution in [1.82, 2.24) is 5.32 Å². The van der Waals surface area contributed by atoms with Crippen molar-refractivity contribution in [3.63, 3.8) is 0 Å². The molecule has 0 aromatic heterocycles. The second-order valence-electron chi connectivity index (χ2n) is 3.45. The van der Waals surface area contributed by atoms with Crippen molar-refractivity contribution in [3.8, 4) is 0 Å². The Kier molecular flexibility index (Phi) is 2.96. The molecule has 1 aromatic rings. The molecule has 0 radical (unpaired) electrons. The molecule has 1 aliphatic heterocycles. The van der Waals surface area contributed by atoms with Crippen molar-refractivity contribution in [1.29, 1.82) is 0 Å². The lowest BCUT2D eigenvalue weighted by molar-refractivity contribution is -0.0151. The molecule has 2 N–H and O–H groups in total. The van der Waals surface area contributed by atoms with Crippen LogP contribution in [0.2, 0.25) is 0 Å². The standard InChI is InChI=1S/C10H13NO.ClH/c1-8-4-2-3-5-9(8)10(12)6-11-7-10;/h2-5,11-12H,6-7H2,1H3;1H. The minimum Gasteiger partial charge on any atom is -0.382 e. The minimum atomic E-state index is -0.606. The molecule has 0 saturated carbocycles. The first kappa shape index (κ1) is 10.5. The van der Waals surface area contributed by atoms with Gasteiger partial charge in [0.05, 0.1) is 0 Å². The predicted molar refractivity (Wildman–Crippen MR) is 55.2 cm³/mol. The van der Waals surface area contributed by atoms with Gasteiger partial charge in [0.1, 0.15) is 5.60 Å². The normalized spacial score (nSPS) is 18.6. The number of aryl methyl sites for hydroxylation is 1. The average molecular weight is 200 g/mol. The number of hydrogen-bond acceptors (Lipinski definition) is 2. The summed E-state index contributed by atoms with van der Waals surface area (Å²) in [6.45, 7) is 3.39. The van der Waals surface area contributed by atoms with E-state index in [1.54, 1.807) is 0 Å². The van der Waals surface area contributed by atoms with Gasteiger partial charge in [-0.3, -0.25) is 0 Å². The number of rotatable bonds is 1. The summed E-state index contributed by atoms with van der Waals surface area (Å²) < 4.78 is 0. The van der Waals surface area contributed by atoms with E-state index in [1.165, 1.54) is 5.56 Å². The van der Waals surface area contributed by atoms with Crippen LogP contribution in [0.15, 0.2) is 24.3 Å². The van der Waals surface area contributed by atoms with Gasteiger partial charge in [0.15, 0.2) is 0 Å². The van der Waals surface area contributed by atoms with E-state index in [-0.39, 0.29) is 12.4 Å². The minimum absolute atomic E-state index is 0. The Morgan fingerprint density at radius 3 is 2.38 bits per heavy atom. The third-order valence-corrected chi connectivity index (χ3v) is 2.48. The van der Waals surface area contributed by atoms with Crippen molar-refractivity contribution in [2.24, 2.45) is 0 Å². The molecule has 2 nitrogen and oxygen atoms in total. The van der Waals surface area contributed by atoms with E-state index < -0.39 is 5.60 Å². The van der Waals surface area contributed by atoms with Gasteiger partial charge in [-0.25, -0.2) is 0 Å². The number of nitrogens with one attached hydrogen (secondary N) is 1. The summed E-state index contributed by atoms with van der Waals surface area (Å²) in [5.41, 5.74) is 1.62. The fourth-order valence-corrected chi connectivity index (χ4v) is 1.65. The maximum atomic E-state index is 10.00. The molecule has 0 atom stereocenters. The Morgan fingerprint density at radius 1 is 1.31 bits per heavy atom. The van der Waals surface area contributed by atoms with E-state index in [9.17, 15) is 5.11 Å². The van der Waals surface area contributed by atoms with Crippen molar-refractivity contribution in [2.45, 2.75) is 12.5 Å². The lowest BCUT2D eigenvalue weighted by atomic mass is 9.85. The smallest absolute Gasteiger partial charge is 0.115 e. The fourth-order valence-electron chi connectivity index (χ4n) is 1.65. The van der Waals surface area contributed by atoms with E-state index >= 15 is 0 Å². The molecule has 72 valence electrons. The fraction of sp³-hybridized carbons (Fsp3) is 0.400. The number of aliphatic hydroxyl groups is 1. The molecule has 1 fully saturated rings. The van der Waals surface area contributed by atoms with Gasteiger partial charge in [-0.05, 0) is 18.1 Å². The van der Waals surface area contributed by atoms with Gasteiger partial charge < -0.3 is 10.4 Å². The quantitative estimate of drug-likeness (QED) is 0.713. The summed E-state index contributed by atoms with van der Waals surface area (Å²) in [5.74, 6) is 0. The van der Waals surface area contributed by atoms with Gasteiger partial charge in [0, 0.05) is 13.1 Å². The van der Waals surface area contributed by atoms with Crippen molar-refractivity contribution in [2.75, 3.05) is 13.1 Å². The monoisotopic (exact) mass is 199 g/mol. The highest BCUT2D eigenvalue weighted by Crippen LogP contribution is 2.27. The van der Waals surface area contributed by atoms with Gasteiger partial charge in [-0.15, -0.1) is 12.4 Å². The zero-order chi connectivity index (χ0) is 8.60. The van der Waals surface area contributed by atoms with Gasteiger partial charge in [0.2, 0.25) is 0 Å². The van der Waals surface area contributed by atoms with Crippen LogP contribution in [0.4, 0.5) is 0 Å². The van der Waals surface area contributed by atoms with Crippen LogP contribution in [0.1, 0.15) is 11.1 Å². The summed E-state index contributed by atoms with van der Waals surface area (Å²) >= 11 is 0. The Hall–Kier alpha value is -0.570. The van der Waals surface area contributed by atoms with Crippen LogP contribution in [0, 0.1) is 6.92 Å². The van der Waals surface area contributed by atoms with E-state index in [2.05, 4.69) is 5.32 Å². The molecule has 0 aliphatic carbocycles. The Morgan fingerprint density at radius 2 is 1.92 bits per heavy atom. The maximum absolute atomic E-state index is 10.00. The number of hydrogen-bond donors (Lipinski definition) is 2. The van der Waals surface area contributed by atoms with Crippen LogP contribution >= 0.6 is 12.4 Å². The van der Waals surface area contributed by atoms with Crippen LogP contribution in [0.5, 0.6) is 0 Å². The molecule has 1 heterocycles. The van der Waals surface area contributed by atoms with E-state index in [1.807, 2.05) is 31.2 Å². The van der Waals surface area contributed by atoms with Crippen molar-refractivity contribution < 1.29 is 5.11 Å². The highest BCUT2D eigenvalue weighted by molar-refractivity contribution is 5.85. The molecule has 0 spiro atoms. The lowest BCUT2D eigenvalue weighted by Crippen LogP contribution is -2.57. The average Bonchev–Trinajstić information content (AvgIpc) is 2.01. The summed E-state index contributed by atoms with van der Waals surface area (Å²) in [7, 11) is 0. The van der Waals surface area contributed by atoms with Crippen LogP contribution in [-0.4, -0.2) is 18.2 Å². The summed E-state index contributed by atoms with van der Waals surface area (Å²) in [6, 6.07) is 7.99. The third-order valence-electron chi connectivity index (χ3n) is 2.48. The highest BCUT2D eigenvalue weighted by Gasteiger charge is 2.36. The van der Waals surface area contributed by atoms with E-state index in [0.29, 0.717) is 13.1 Å². The van der Waals surface area contributed by atoms with Crippen molar-refractivity contribution >= 4 is 12.4 Å². The predicted octanol–water partition coefficient (Wildman–Crippen LogP) is 1.21. The van der Waals surface area contributed by atoms with Gasteiger partial charge >= 0.3 is 0 Å². The summed E-state index contributed by atoms with van der Waals surface area (Å²) in [5, 5.41) is 13.1. The molecule has 2 rings (SSSR count). The first-order chi connectivity index (χ1) is 5.72. The summed E-state index contributed by atoms with van der Waals surface area (Å²) in [4.78, 5) is 0. The zero-order valence-electron chi connectivity index (χ0n) is 7.58.